The van der Waals surface area contributed by atoms with E-state index in [2.05, 4.69) is 15.6 Å². The van der Waals surface area contributed by atoms with Gasteiger partial charge in [0.05, 0.1) is 5.92 Å². The van der Waals surface area contributed by atoms with Gasteiger partial charge in [0.15, 0.2) is 5.78 Å². The summed E-state index contributed by atoms with van der Waals surface area (Å²) in [4.78, 5) is 30.4. The number of allylic oxidation sites excluding steroid dienone is 3. The predicted molar refractivity (Wildman–Crippen MR) is 113 cm³/mol. The highest BCUT2D eigenvalue weighted by Crippen LogP contribution is 2.45. The number of dihydropyridines is 1. The van der Waals surface area contributed by atoms with Gasteiger partial charge in [0.2, 0.25) is 0 Å². The Morgan fingerprint density at radius 2 is 2.07 bits per heavy atom. The Labute approximate surface area is 179 Å². The van der Waals surface area contributed by atoms with E-state index in [9.17, 15) is 14.0 Å². The number of anilines is 1. The number of hydrogen-bond donors (Lipinski definition) is 2. The van der Waals surface area contributed by atoms with E-state index >= 15 is 0 Å². The van der Waals surface area contributed by atoms with Gasteiger partial charge in [0, 0.05) is 45.7 Å². The highest BCUT2D eigenvalue weighted by molar-refractivity contribution is 6.31. The minimum atomic E-state index is -0.882. The summed E-state index contributed by atoms with van der Waals surface area (Å²) in [6.45, 7) is 3.65. The molecule has 0 fully saturated rings. The van der Waals surface area contributed by atoms with Crippen molar-refractivity contribution in [1.29, 1.82) is 0 Å². The van der Waals surface area contributed by atoms with Crippen molar-refractivity contribution in [3.8, 4) is 0 Å². The van der Waals surface area contributed by atoms with E-state index in [0.717, 1.165) is 11.3 Å². The Kier molecular flexibility index (Phi) is 5.43. The molecule has 0 unspecified atom stereocenters. The molecular formula is C23H21ClFN3O2. The molecule has 154 valence electrons. The highest BCUT2D eigenvalue weighted by atomic mass is 35.5. The normalized spacial score (nSPS) is 18.8. The van der Waals surface area contributed by atoms with Gasteiger partial charge in [-0.1, -0.05) is 17.7 Å². The van der Waals surface area contributed by atoms with Crippen molar-refractivity contribution in [3.05, 3.63) is 81.0 Å². The second kappa shape index (κ2) is 8.03. The van der Waals surface area contributed by atoms with Gasteiger partial charge in [-0.05, 0) is 56.5 Å². The van der Waals surface area contributed by atoms with Gasteiger partial charge < -0.3 is 10.6 Å². The van der Waals surface area contributed by atoms with Crippen molar-refractivity contribution in [2.24, 2.45) is 0 Å². The fourth-order valence-corrected chi connectivity index (χ4v) is 4.42. The summed E-state index contributed by atoms with van der Waals surface area (Å²) in [7, 11) is 0. The predicted octanol–water partition coefficient (Wildman–Crippen LogP) is 4.79. The van der Waals surface area contributed by atoms with Gasteiger partial charge in [-0.15, -0.1) is 0 Å². The summed E-state index contributed by atoms with van der Waals surface area (Å²) < 4.78 is 15.0. The van der Waals surface area contributed by atoms with Crippen LogP contribution in [0.1, 0.15) is 43.2 Å². The molecule has 0 saturated carbocycles. The number of rotatable bonds is 3. The largest absolute Gasteiger partial charge is 0.362 e. The summed E-state index contributed by atoms with van der Waals surface area (Å²) >= 11 is 6.38. The third kappa shape index (κ3) is 3.63. The Balaban J connectivity index is 1.85. The number of pyridine rings is 1. The molecule has 30 heavy (non-hydrogen) atoms. The number of benzene rings is 1. The van der Waals surface area contributed by atoms with Gasteiger partial charge in [-0.2, -0.15) is 0 Å². The third-order valence-electron chi connectivity index (χ3n) is 5.47. The van der Waals surface area contributed by atoms with Crippen LogP contribution in [-0.2, 0) is 9.59 Å². The first kappa shape index (κ1) is 20.3. The number of nitrogens with one attached hydrogen (secondary N) is 2. The van der Waals surface area contributed by atoms with Crippen LogP contribution >= 0.6 is 11.6 Å². The van der Waals surface area contributed by atoms with Crippen molar-refractivity contribution in [1.82, 2.24) is 10.3 Å². The van der Waals surface area contributed by atoms with Crippen LogP contribution in [-0.4, -0.2) is 16.7 Å². The average molecular weight is 426 g/mol. The van der Waals surface area contributed by atoms with Crippen LogP contribution < -0.4 is 10.6 Å². The number of hydrogen-bond acceptors (Lipinski definition) is 4. The van der Waals surface area contributed by atoms with Crippen molar-refractivity contribution in [2.75, 3.05) is 5.32 Å². The zero-order valence-corrected chi connectivity index (χ0v) is 17.4. The number of ketones is 1. The molecule has 5 nitrogen and oxygen atoms in total. The number of nitrogens with zero attached hydrogens (tertiary/aromatic N) is 1. The van der Waals surface area contributed by atoms with Crippen molar-refractivity contribution >= 4 is 29.1 Å². The number of carbonyl (C=O) groups is 2. The fourth-order valence-electron chi connectivity index (χ4n) is 4.15. The average Bonchev–Trinajstić information content (AvgIpc) is 2.67. The van der Waals surface area contributed by atoms with E-state index in [1.165, 1.54) is 12.1 Å². The molecule has 4 rings (SSSR count). The lowest BCUT2D eigenvalue weighted by Gasteiger charge is -2.35. The smallest absolute Gasteiger partial charge is 0.255 e. The maximum absolute atomic E-state index is 15.0. The Morgan fingerprint density at radius 1 is 1.27 bits per heavy atom. The van der Waals surface area contributed by atoms with Gasteiger partial charge in [0.1, 0.15) is 11.6 Å². The molecule has 0 radical (unpaired) electrons. The third-order valence-corrected chi connectivity index (χ3v) is 5.80. The lowest BCUT2D eigenvalue weighted by molar-refractivity contribution is -0.116. The molecule has 1 aliphatic carbocycles. The number of aryl methyl sites for hydroxylation is 1. The van der Waals surface area contributed by atoms with Crippen molar-refractivity contribution in [2.45, 2.75) is 39.0 Å². The van der Waals surface area contributed by atoms with Crippen LogP contribution in [0.15, 0.2) is 59.1 Å². The molecule has 0 spiro atoms. The molecule has 1 aromatic carbocycles. The number of carbonyl (C=O) groups excluding carboxylic acids is 2. The minimum absolute atomic E-state index is 0.0976. The molecule has 1 aromatic heterocycles. The molecule has 0 saturated heterocycles. The number of aromatic nitrogens is 1. The van der Waals surface area contributed by atoms with Crippen LogP contribution in [0.5, 0.6) is 0 Å². The summed E-state index contributed by atoms with van der Waals surface area (Å²) in [5.74, 6) is -1.60. The standard InChI is InChI=1S/C23H21ClFN3O2/c1-12-9-10-26-18(11-12)28-23(30)19-13(2)27-16-7-4-8-17(29)21(16)22(19)20-14(24)5-3-6-15(20)25/h3,5-6,9-11,22,27H,4,7-8H2,1-2H3,(H,26,28,30)/t22-/m1/s1. The molecule has 0 bridgehead atoms. The van der Waals surface area contributed by atoms with Crippen LogP contribution in [0, 0.1) is 12.7 Å². The molecule has 2 aromatic rings. The zero-order valence-electron chi connectivity index (χ0n) is 16.7. The van der Waals surface area contributed by atoms with E-state index in [0.29, 0.717) is 36.4 Å². The van der Waals surface area contributed by atoms with Crippen LogP contribution in [0.2, 0.25) is 5.02 Å². The lowest BCUT2D eigenvalue weighted by atomic mass is 9.75. The molecule has 7 heteroatoms. The first-order chi connectivity index (χ1) is 14.4. The molecule has 1 atom stereocenters. The first-order valence-corrected chi connectivity index (χ1v) is 10.2. The highest BCUT2D eigenvalue weighted by Gasteiger charge is 2.40. The molecule has 2 N–H and O–H groups in total. The molecular weight excluding hydrogens is 405 g/mol. The van der Waals surface area contributed by atoms with E-state index in [1.807, 2.05) is 13.0 Å². The van der Waals surface area contributed by atoms with Crippen LogP contribution in [0.4, 0.5) is 10.2 Å². The minimum Gasteiger partial charge on any atom is -0.362 e. The molecule has 1 amide bonds. The Bertz CT molecular complexity index is 1100. The maximum atomic E-state index is 15.0. The first-order valence-electron chi connectivity index (χ1n) is 9.78. The van der Waals surface area contributed by atoms with Gasteiger partial charge >= 0.3 is 0 Å². The number of amides is 1. The second-order valence-corrected chi connectivity index (χ2v) is 7.98. The van der Waals surface area contributed by atoms with Crippen LogP contribution in [0.25, 0.3) is 0 Å². The lowest BCUT2D eigenvalue weighted by Crippen LogP contribution is -2.36. The quantitative estimate of drug-likeness (QED) is 0.741. The van der Waals surface area contributed by atoms with Gasteiger partial charge in [0.25, 0.3) is 5.91 Å². The zero-order chi connectivity index (χ0) is 21.4. The summed E-state index contributed by atoms with van der Waals surface area (Å²) in [6, 6.07) is 7.94. The number of halogens is 2. The van der Waals surface area contributed by atoms with E-state index < -0.39 is 17.6 Å². The summed E-state index contributed by atoms with van der Waals surface area (Å²) in [6.07, 6.45) is 3.33. The summed E-state index contributed by atoms with van der Waals surface area (Å²) in [5.41, 5.74) is 3.07. The summed E-state index contributed by atoms with van der Waals surface area (Å²) in [5, 5.41) is 6.17. The number of Topliss-reactive ketones (excluding diaryl/α,β-unsaturated/α-hetero) is 1. The van der Waals surface area contributed by atoms with Crippen molar-refractivity contribution in [3.63, 3.8) is 0 Å². The van der Waals surface area contributed by atoms with E-state index in [1.54, 1.807) is 25.3 Å². The van der Waals surface area contributed by atoms with Crippen molar-refractivity contribution < 1.29 is 14.0 Å². The van der Waals surface area contributed by atoms with Gasteiger partial charge in [-0.3, -0.25) is 9.59 Å². The van der Waals surface area contributed by atoms with Crippen LogP contribution in [0.3, 0.4) is 0 Å². The van der Waals surface area contributed by atoms with E-state index in [-0.39, 0.29) is 21.9 Å². The fraction of sp³-hybridized carbons (Fsp3) is 0.261. The Hall–Kier alpha value is -2.99. The monoisotopic (exact) mass is 425 g/mol. The second-order valence-electron chi connectivity index (χ2n) is 7.57. The van der Waals surface area contributed by atoms with E-state index in [4.69, 9.17) is 11.6 Å². The molecule has 1 aliphatic heterocycles. The maximum Gasteiger partial charge on any atom is 0.255 e. The van der Waals surface area contributed by atoms with Gasteiger partial charge in [-0.25, -0.2) is 9.37 Å². The topological polar surface area (TPSA) is 71.1 Å². The molecule has 2 heterocycles. The SMILES string of the molecule is CC1=C(C(=O)Nc2cc(C)ccn2)[C@H](c2c(F)cccc2Cl)C2=C(CCCC2=O)N1. The Morgan fingerprint density at radius 3 is 2.80 bits per heavy atom. The molecule has 2 aliphatic rings.